The highest BCUT2D eigenvalue weighted by Gasteiger charge is 2.25. The number of hydrogen-bond donors (Lipinski definition) is 2. The van der Waals surface area contributed by atoms with E-state index in [9.17, 15) is 0 Å². The Morgan fingerprint density at radius 1 is 1.29 bits per heavy atom. The zero-order chi connectivity index (χ0) is 11.4. The predicted molar refractivity (Wildman–Crippen MR) is 66.2 cm³/mol. The zero-order valence-corrected chi connectivity index (χ0v) is 9.89. The van der Waals surface area contributed by atoms with Crippen LogP contribution in [0.4, 0.5) is 5.95 Å². The van der Waals surface area contributed by atoms with Crippen molar-refractivity contribution in [2.75, 3.05) is 11.6 Å². The lowest BCUT2D eigenvalue weighted by Gasteiger charge is -2.16. The van der Waals surface area contributed by atoms with Gasteiger partial charge < -0.3 is 0 Å². The topological polar surface area (TPSA) is 85.3 Å². The second kappa shape index (κ2) is 5.97. The number of tetrazole rings is 1. The first-order valence-electron chi connectivity index (χ1n) is 4.72. The Hall–Kier alpha value is -1.93. The molecule has 0 aromatic carbocycles. The molecule has 2 N–H and O–H groups in total. The molecule has 0 fully saturated rings. The van der Waals surface area contributed by atoms with Crippen molar-refractivity contribution in [1.29, 1.82) is 0 Å². The summed E-state index contributed by atoms with van der Waals surface area (Å²) in [5.74, 6) is 1.16. The molecule has 0 unspecified atom stereocenters. The molecular formula is C8H13ClN8. The fraction of sp³-hybridized carbons (Fsp3) is 0.250. The minimum atomic E-state index is 0. The molecule has 92 valence electrons. The van der Waals surface area contributed by atoms with E-state index in [4.69, 9.17) is 0 Å². The number of nitrogens with zero attached hydrogens (tertiary/aromatic N) is 6. The van der Waals surface area contributed by atoms with Crippen LogP contribution in [0.3, 0.4) is 0 Å². The van der Waals surface area contributed by atoms with Crippen LogP contribution in [-0.2, 0) is 0 Å². The third-order valence-corrected chi connectivity index (χ3v) is 1.87. The van der Waals surface area contributed by atoms with Gasteiger partial charge in [-0.25, -0.2) is 10.1 Å². The maximum Gasteiger partial charge on any atom is 0.287 e. The predicted octanol–water partition coefficient (Wildman–Crippen LogP) is 0.239. The van der Waals surface area contributed by atoms with Gasteiger partial charge in [0.25, 0.3) is 5.95 Å². The summed E-state index contributed by atoms with van der Waals surface area (Å²) in [5, 5.41) is 21.2. The summed E-state index contributed by atoms with van der Waals surface area (Å²) >= 11 is 0. The highest BCUT2D eigenvalue weighted by atomic mass is 35.5. The number of H-pyrrole nitrogens is 1. The lowest BCUT2D eigenvalue weighted by Crippen LogP contribution is -2.43. The van der Waals surface area contributed by atoms with Crippen molar-refractivity contribution in [2.45, 2.75) is 6.42 Å². The van der Waals surface area contributed by atoms with E-state index in [1.807, 2.05) is 0 Å². The van der Waals surface area contributed by atoms with Crippen LogP contribution in [-0.4, -0.2) is 38.1 Å². The van der Waals surface area contributed by atoms with Gasteiger partial charge in [-0.15, -0.1) is 41.3 Å². The molecular weight excluding hydrogens is 244 g/mol. The van der Waals surface area contributed by atoms with Crippen molar-refractivity contribution in [3.8, 4) is 0 Å². The average Bonchev–Trinajstić information content (AvgIpc) is 2.87. The van der Waals surface area contributed by atoms with Crippen LogP contribution in [0.15, 0.2) is 30.4 Å². The number of nitrogens with one attached hydrogen (secondary N) is 2. The number of aromatic nitrogens is 4. The van der Waals surface area contributed by atoms with E-state index in [0.29, 0.717) is 18.9 Å². The third-order valence-electron chi connectivity index (χ3n) is 1.87. The van der Waals surface area contributed by atoms with Crippen LogP contribution in [0.5, 0.6) is 0 Å². The van der Waals surface area contributed by atoms with E-state index >= 15 is 0 Å². The third kappa shape index (κ3) is 2.80. The smallest absolute Gasteiger partial charge is 0.205 e. The molecule has 0 atom stereocenters. The maximum atomic E-state index is 4.31. The lowest BCUT2D eigenvalue weighted by molar-refractivity contribution is 0.248. The Morgan fingerprint density at radius 2 is 2.12 bits per heavy atom. The van der Waals surface area contributed by atoms with Gasteiger partial charge >= 0.3 is 0 Å². The highest BCUT2D eigenvalue weighted by molar-refractivity contribution is 5.97. The SMILES string of the molecule is C=CCC1=NN(CC=C)NN1c1nn[nH]n1.Cl. The summed E-state index contributed by atoms with van der Waals surface area (Å²) in [6.45, 7) is 7.89. The van der Waals surface area contributed by atoms with Crippen LogP contribution < -0.4 is 10.5 Å². The lowest BCUT2D eigenvalue weighted by atomic mass is 10.4. The molecule has 0 radical (unpaired) electrons. The fourth-order valence-electron chi connectivity index (χ4n) is 1.26. The first-order chi connectivity index (χ1) is 7.85. The summed E-state index contributed by atoms with van der Waals surface area (Å²) in [6, 6.07) is 0. The van der Waals surface area contributed by atoms with Crippen molar-refractivity contribution in [1.82, 2.24) is 31.3 Å². The Balaban J connectivity index is 0.00000144. The molecule has 0 aliphatic carbocycles. The fourth-order valence-corrected chi connectivity index (χ4v) is 1.26. The molecule has 17 heavy (non-hydrogen) atoms. The van der Waals surface area contributed by atoms with Gasteiger partial charge in [-0.1, -0.05) is 17.3 Å². The minimum Gasteiger partial charge on any atom is -0.205 e. The molecule has 0 spiro atoms. The molecule has 1 aromatic heterocycles. The normalized spacial score (nSPS) is 14.2. The number of hydrogen-bond acceptors (Lipinski definition) is 7. The van der Waals surface area contributed by atoms with Gasteiger partial charge in [-0.2, -0.15) is 5.21 Å². The molecule has 1 aliphatic rings. The van der Waals surface area contributed by atoms with Gasteiger partial charge in [0.2, 0.25) is 0 Å². The van der Waals surface area contributed by atoms with Crippen LogP contribution in [0.25, 0.3) is 0 Å². The van der Waals surface area contributed by atoms with Gasteiger partial charge in [0.15, 0.2) is 5.84 Å². The number of hydrazone groups is 1. The van der Waals surface area contributed by atoms with E-state index in [-0.39, 0.29) is 12.4 Å². The number of amidine groups is 1. The van der Waals surface area contributed by atoms with Gasteiger partial charge in [0.1, 0.15) is 0 Å². The largest absolute Gasteiger partial charge is 0.287 e. The monoisotopic (exact) mass is 256 g/mol. The minimum absolute atomic E-state index is 0. The summed E-state index contributed by atoms with van der Waals surface area (Å²) in [5.41, 5.74) is 2.99. The zero-order valence-electron chi connectivity index (χ0n) is 9.07. The molecule has 0 saturated carbocycles. The first kappa shape index (κ1) is 13.1. The van der Waals surface area contributed by atoms with Gasteiger partial charge in [-0.3, -0.25) is 0 Å². The molecule has 1 aliphatic heterocycles. The van der Waals surface area contributed by atoms with Crippen LogP contribution >= 0.6 is 12.4 Å². The summed E-state index contributed by atoms with van der Waals surface area (Å²) in [6.07, 6.45) is 4.10. The number of halogens is 1. The molecule has 9 heteroatoms. The van der Waals surface area contributed by atoms with Gasteiger partial charge in [0.05, 0.1) is 6.54 Å². The van der Waals surface area contributed by atoms with Crippen molar-refractivity contribution in [2.24, 2.45) is 5.10 Å². The van der Waals surface area contributed by atoms with Crippen molar-refractivity contribution >= 4 is 24.2 Å². The van der Waals surface area contributed by atoms with Gasteiger partial charge in [-0.05, 0) is 5.21 Å². The molecule has 2 heterocycles. The van der Waals surface area contributed by atoms with Crippen LogP contribution in [0.2, 0.25) is 0 Å². The summed E-state index contributed by atoms with van der Waals surface area (Å²) in [4.78, 5) is 0. The standard InChI is InChI=1S/C8H12N8.ClH/c1-3-5-7-11-15(6-4-2)14-16(7)8-9-12-13-10-8;/h3-4,14H,1-2,5-6H2,(H,9,10,12,13);1H. The molecule has 0 bridgehead atoms. The van der Waals surface area contributed by atoms with Crippen molar-refractivity contribution in [3.63, 3.8) is 0 Å². The van der Waals surface area contributed by atoms with Crippen molar-refractivity contribution in [3.05, 3.63) is 25.3 Å². The maximum absolute atomic E-state index is 4.31. The number of anilines is 1. The second-order valence-corrected chi connectivity index (χ2v) is 3.03. The first-order valence-corrected chi connectivity index (χ1v) is 4.72. The summed E-state index contributed by atoms with van der Waals surface area (Å²) < 4.78 is 0. The Kier molecular flexibility index (Phi) is 4.61. The van der Waals surface area contributed by atoms with E-state index in [0.717, 1.165) is 5.84 Å². The average molecular weight is 257 g/mol. The number of rotatable bonds is 5. The second-order valence-electron chi connectivity index (χ2n) is 3.03. The number of hydrazine groups is 2. The van der Waals surface area contributed by atoms with E-state index in [1.54, 1.807) is 22.3 Å². The highest BCUT2D eigenvalue weighted by Crippen LogP contribution is 2.11. The van der Waals surface area contributed by atoms with E-state index in [1.165, 1.54) is 0 Å². The number of aromatic amines is 1. The molecule has 1 aromatic rings. The Labute approximate surface area is 104 Å². The Morgan fingerprint density at radius 3 is 2.71 bits per heavy atom. The molecule has 2 rings (SSSR count). The van der Waals surface area contributed by atoms with E-state index in [2.05, 4.69) is 44.4 Å². The van der Waals surface area contributed by atoms with Crippen LogP contribution in [0.1, 0.15) is 6.42 Å². The molecule has 0 amide bonds. The Bertz CT molecular complexity index is 400. The summed E-state index contributed by atoms with van der Waals surface area (Å²) in [7, 11) is 0. The van der Waals surface area contributed by atoms with E-state index < -0.39 is 0 Å². The molecule has 0 saturated heterocycles. The quantitative estimate of drug-likeness (QED) is 0.734. The molecule has 8 nitrogen and oxygen atoms in total. The van der Waals surface area contributed by atoms with Crippen LogP contribution in [0, 0.1) is 0 Å². The van der Waals surface area contributed by atoms with Crippen molar-refractivity contribution < 1.29 is 0 Å². The van der Waals surface area contributed by atoms with Gasteiger partial charge in [0, 0.05) is 6.42 Å².